The quantitative estimate of drug-likeness (QED) is 0.610. The molecule has 2 N–H and O–H groups in total. The van der Waals surface area contributed by atoms with E-state index in [1.54, 1.807) is 20.8 Å². The molecule has 0 unspecified atom stereocenters. The Bertz CT molecular complexity index is 344. The number of carboxylic acid groups (broad SMARTS) is 2. The van der Waals surface area contributed by atoms with E-state index >= 15 is 0 Å². The Morgan fingerprint density at radius 1 is 0.833 bits per heavy atom. The van der Waals surface area contributed by atoms with Gasteiger partial charge < -0.3 is 10.2 Å². The highest BCUT2D eigenvalue weighted by atomic mass is 28.3. The first kappa shape index (κ1) is 17.2. The molecule has 0 aromatic rings. The normalized spacial score (nSPS) is 14.4. The van der Waals surface area contributed by atoms with Crippen molar-refractivity contribution >= 4 is 20.0 Å². The van der Waals surface area contributed by atoms with Gasteiger partial charge in [0.1, 0.15) is 0 Å². The van der Waals surface area contributed by atoms with Gasteiger partial charge in [0.2, 0.25) is 0 Å². The Labute approximate surface area is 110 Å². The second-order valence-corrected chi connectivity index (χ2v) is 13.0. The third kappa shape index (κ3) is 2.09. The molecular formula is C13H26O4Si. The fraction of sp³-hybridized carbons (Fsp3) is 0.846. The summed E-state index contributed by atoms with van der Waals surface area (Å²) in [6.45, 7) is 14.6. The predicted molar refractivity (Wildman–Crippen MR) is 74.6 cm³/mol. The maximum atomic E-state index is 11.9. The first-order valence-corrected chi connectivity index (χ1v) is 9.11. The van der Waals surface area contributed by atoms with Gasteiger partial charge in [-0.25, -0.2) is 0 Å². The highest BCUT2D eigenvalue weighted by molar-refractivity contribution is 6.89. The summed E-state index contributed by atoms with van der Waals surface area (Å²) in [5.41, 5.74) is -0.840. The van der Waals surface area contributed by atoms with Crippen molar-refractivity contribution in [3.05, 3.63) is 0 Å². The maximum absolute atomic E-state index is 11.9. The van der Waals surface area contributed by atoms with Crippen molar-refractivity contribution in [3.63, 3.8) is 0 Å². The lowest BCUT2D eigenvalue weighted by atomic mass is 9.79. The van der Waals surface area contributed by atoms with E-state index in [2.05, 4.69) is 0 Å². The van der Waals surface area contributed by atoms with E-state index in [9.17, 15) is 19.8 Å². The molecule has 0 aliphatic carbocycles. The molecule has 0 fully saturated rings. The van der Waals surface area contributed by atoms with Crippen LogP contribution >= 0.6 is 0 Å². The minimum absolute atomic E-state index is 0.322. The molecule has 5 heteroatoms. The molecule has 0 aliphatic heterocycles. The van der Waals surface area contributed by atoms with Gasteiger partial charge in [-0.2, -0.15) is 0 Å². The van der Waals surface area contributed by atoms with Crippen molar-refractivity contribution in [2.75, 3.05) is 0 Å². The lowest BCUT2D eigenvalue weighted by Gasteiger charge is -2.53. The van der Waals surface area contributed by atoms with Crippen LogP contribution in [0.2, 0.25) is 23.2 Å². The van der Waals surface area contributed by atoms with Gasteiger partial charge in [-0.15, -0.1) is 0 Å². The van der Waals surface area contributed by atoms with E-state index in [0.29, 0.717) is 0 Å². The molecule has 0 atom stereocenters. The van der Waals surface area contributed by atoms with Crippen LogP contribution in [0.4, 0.5) is 0 Å². The fourth-order valence-corrected chi connectivity index (χ4v) is 6.84. The van der Waals surface area contributed by atoms with Crippen molar-refractivity contribution in [2.45, 2.75) is 64.7 Å². The monoisotopic (exact) mass is 274 g/mol. The van der Waals surface area contributed by atoms with Crippen LogP contribution in [0.1, 0.15) is 41.5 Å². The number of hydrogen-bond donors (Lipinski definition) is 2. The highest BCUT2D eigenvalue weighted by Crippen LogP contribution is 2.60. The van der Waals surface area contributed by atoms with Gasteiger partial charge in [-0.3, -0.25) is 9.59 Å². The van der Waals surface area contributed by atoms with Gasteiger partial charge in [0, 0.05) is 0 Å². The molecule has 4 nitrogen and oxygen atoms in total. The van der Waals surface area contributed by atoms with Gasteiger partial charge >= 0.3 is 11.9 Å². The second-order valence-electron chi connectivity index (χ2n) is 7.49. The second kappa shape index (κ2) is 4.37. The topological polar surface area (TPSA) is 74.6 Å². The molecule has 0 amide bonds. The van der Waals surface area contributed by atoms with Crippen LogP contribution in [0.15, 0.2) is 0 Å². The number of carbonyl (C=O) groups is 2. The van der Waals surface area contributed by atoms with Gasteiger partial charge in [-0.1, -0.05) is 54.6 Å². The van der Waals surface area contributed by atoms with Gasteiger partial charge in [-0.05, 0) is 10.5 Å². The van der Waals surface area contributed by atoms with E-state index in [0.717, 1.165) is 0 Å². The average molecular weight is 274 g/mol. The summed E-state index contributed by atoms with van der Waals surface area (Å²) in [7, 11) is -2.65. The predicted octanol–water partition coefficient (Wildman–Crippen LogP) is 3.45. The lowest BCUT2D eigenvalue weighted by molar-refractivity contribution is -0.158. The molecule has 0 saturated heterocycles. The Morgan fingerprint density at radius 3 is 1.17 bits per heavy atom. The molecule has 0 bridgehead atoms. The van der Waals surface area contributed by atoms with Crippen LogP contribution in [0.5, 0.6) is 0 Å². The summed E-state index contributed by atoms with van der Waals surface area (Å²) in [5.74, 6) is -2.43. The molecule has 0 saturated carbocycles. The maximum Gasteiger partial charge on any atom is 0.318 e. The van der Waals surface area contributed by atoms with Crippen LogP contribution in [0.3, 0.4) is 0 Å². The molecule has 0 aromatic heterocycles. The minimum atomic E-state index is -2.65. The van der Waals surface area contributed by atoms with Crippen LogP contribution < -0.4 is 0 Å². The average Bonchev–Trinajstić information content (AvgIpc) is 1.95. The number of rotatable bonds is 3. The summed E-state index contributed by atoms with van der Waals surface area (Å²) in [5, 5.41) is 17.3. The van der Waals surface area contributed by atoms with Crippen LogP contribution in [-0.4, -0.2) is 30.2 Å². The molecule has 0 rings (SSSR count). The SMILES string of the molecule is CC(C)(C)C(C(=O)O)(C(=O)O)[Si](C)(C)C(C)(C)C. The van der Waals surface area contributed by atoms with Crippen molar-refractivity contribution in [1.82, 2.24) is 0 Å². The standard InChI is InChI=1S/C13H26O4Si/c1-11(2,3)13(9(14)15,10(16)17)18(7,8)12(4,5)6/h1-8H3,(H,14,15)(H,16,17). The smallest absolute Gasteiger partial charge is 0.318 e. The summed E-state index contributed by atoms with van der Waals surface area (Å²) < 4.78 is 0. The molecule has 0 aliphatic rings. The molecular weight excluding hydrogens is 248 g/mol. The van der Waals surface area contributed by atoms with Crippen molar-refractivity contribution in [3.8, 4) is 0 Å². The molecule has 0 spiro atoms. The van der Waals surface area contributed by atoms with Gasteiger partial charge in [0.25, 0.3) is 0 Å². The zero-order chi connectivity index (χ0) is 15.2. The van der Waals surface area contributed by atoms with Crippen LogP contribution in [0.25, 0.3) is 0 Å². The Balaban J connectivity index is 6.44. The number of hydrogen-bond acceptors (Lipinski definition) is 2. The fourth-order valence-electron chi connectivity index (χ4n) is 2.77. The van der Waals surface area contributed by atoms with E-state index < -0.39 is 30.5 Å². The Hall–Kier alpha value is -0.843. The summed E-state index contributed by atoms with van der Waals surface area (Å²) >= 11 is 0. The summed E-state index contributed by atoms with van der Waals surface area (Å²) in [6, 6.07) is 0. The van der Waals surface area contributed by atoms with Crippen LogP contribution in [-0.2, 0) is 9.59 Å². The third-order valence-corrected chi connectivity index (χ3v) is 11.4. The lowest BCUT2D eigenvalue weighted by Crippen LogP contribution is -2.62. The zero-order valence-electron chi connectivity index (χ0n) is 12.7. The zero-order valence-corrected chi connectivity index (χ0v) is 13.7. The highest BCUT2D eigenvalue weighted by Gasteiger charge is 2.68. The number of carboxylic acids is 2. The third-order valence-electron chi connectivity index (χ3n) is 4.58. The van der Waals surface area contributed by atoms with Crippen molar-refractivity contribution < 1.29 is 19.8 Å². The molecule has 0 heterocycles. The molecule has 0 aromatic carbocycles. The summed E-state index contributed by atoms with van der Waals surface area (Å²) in [4.78, 5) is 23.7. The van der Waals surface area contributed by atoms with Gasteiger partial charge in [0.05, 0.1) is 8.07 Å². The Kier molecular flexibility index (Phi) is 4.16. The van der Waals surface area contributed by atoms with E-state index in [1.165, 1.54) is 0 Å². The summed E-state index contributed by atoms with van der Waals surface area (Å²) in [6.07, 6.45) is 0. The minimum Gasteiger partial charge on any atom is -0.481 e. The Morgan fingerprint density at radius 2 is 1.11 bits per heavy atom. The van der Waals surface area contributed by atoms with Crippen molar-refractivity contribution in [1.29, 1.82) is 0 Å². The van der Waals surface area contributed by atoms with E-state index in [1.807, 2.05) is 33.9 Å². The largest absolute Gasteiger partial charge is 0.481 e. The first-order chi connectivity index (χ1) is 7.64. The number of aliphatic carboxylic acids is 2. The van der Waals surface area contributed by atoms with E-state index in [-0.39, 0.29) is 5.04 Å². The molecule has 0 radical (unpaired) electrons. The van der Waals surface area contributed by atoms with Gasteiger partial charge in [0.15, 0.2) is 5.04 Å². The molecule has 18 heavy (non-hydrogen) atoms. The first-order valence-electron chi connectivity index (χ1n) is 6.11. The van der Waals surface area contributed by atoms with Crippen LogP contribution in [0, 0.1) is 5.41 Å². The van der Waals surface area contributed by atoms with Crippen molar-refractivity contribution in [2.24, 2.45) is 5.41 Å². The van der Waals surface area contributed by atoms with E-state index in [4.69, 9.17) is 0 Å². The molecule has 106 valence electrons.